The summed E-state index contributed by atoms with van der Waals surface area (Å²) in [6.07, 6.45) is 6.08. The van der Waals surface area contributed by atoms with Crippen LogP contribution < -0.4 is 0 Å². The van der Waals surface area contributed by atoms with Crippen molar-refractivity contribution in [3.05, 3.63) is 53.7 Å². The molecule has 0 saturated carbocycles. The molecule has 0 aromatic carbocycles. The number of oxime groups is 1. The SMILES string of the molecule is O/N=C\c1cc(C#Cc2cccnc2)co1. The van der Waals surface area contributed by atoms with E-state index >= 15 is 0 Å². The molecule has 0 amide bonds. The summed E-state index contributed by atoms with van der Waals surface area (Å²) in [6, 6.07) is 5.38. The molecule has 78 valence electrons. The van der Waals surface area contributed by atoms with Gasteiger partial charge in [-0.25, -0.2) is 0 Å². The molecule has 0 unspecified atom stereocenters. The van der Waals surface area contributed by atoms with E-state index in [4.69, 9.17) is 9.62 Å². The number of aromatic nitrogens is 1. The van der Waals surface area contributed by atoms with Gasteiger partial charge in [0.15, 0.2) is 0 Å². The molecule has 0 aliphatic heterocycles. The summed E-state index contributed by atoms with van der Waals surface area (Å²) in [5, 5.41) is 11.2. The van der Waals surface area contributed by atoms with Crippen LogP contribution >= 0.6 is 0 Å². The molecule has 0 radical (unpaired) electrons. The van der Waals surface area contributed by atoms with Gasteiger partial charge in [0.05, 0.1) is 5.56 Å². The molecule has 0 spiro atoms. The highest BCUT2D eigenvalue weighted by Gasteiger charge is 1.95. The van der Waals surface area contributed by atoms with E-state index in [0.29, 0.717) is 5.76 Å². The Kier molecular flexibility index (Phi) is 3.00. The van der Waals surface area contributed by atoms with E-state index in [9.17, 15) is 0 Å². The number of furan rings is 1. The van der Waals surface area contributed by atoms with Crippen LogP contribution in [0.2, 0.25) is 0 Å². The lowest BCUT2D eigenvalue weighted by Gasteiger charge is -1.84. The van der Waals surface area contributed by atoms with Gasteiger partial charge >= 0.3 is 0 Å². The van der Waals surface area contributed by atoms with Crippen molar-refractivity contribution in [1.82, 2.24) is 4.98 Å². The van der Waals surface area contributed by atoms with Crippen LogP contribution in [-0.2, 0) is 0 Å². The first kappa shape index (κ1) is 9.99. The van der Waals surface area contributed by atoms with E-state index in [2.05, 4.69) is 22.0 Å². The standard InChI is InChI=1S/C12H8N2O2/c15-14-8-12-6-11(9-16-12)4-3-10-2-1-5-13-7-10/h1-2,5-9,15H/b14-8-. The first-order chi connectivity index (χ1) is 7.88. The summed E-state index contributed by atoms with van der Waals surface area (Å²) in [5.74, 6) is 6.31. The molecule has 1 N–H and O–H groups in total. The smallest absolute Gasteiger partial charge is 0.149 e. The lowest BCUT2D eigenvalue weighted by Crippen LogP contribution is -1.75. The van der Waals surface area contributed by atoms with Crippen molar-refractivity contribution in [1.29, 1.82) is 0 Å². The van der Waals surface area contributed by atoms with Gasteiger partial charge in [-0.15, -0.1) is 0 Å². The fraction of sp³-hybridized carbons (Fsp3) is 0. The zero-order valence-corrected chi connectivity index (χ0v) is 8.29. The number of pyridine rings is 1. The van der Waals surface area contributed by atoms with E-state index in [1.54, 1.807) is 18.5 Å². The number of hydrogen-bond donors (Lipinski definition) is 1. The van der Waals surface area contributed by atoms with Gasteiger partial charge in [0.25, 0.3) is 0 Å². The number of hydrogen-bond acceptors (Lipinski definition) is 4. The minimum atomic E-state index is 0.456. The Morgan fingerprint density at radius 1 is 1.38 bits per heavy atom. The molecule has 4 nitrogen and oxygen atoms in total. The Balaban J connectivity index is 2.18. The molecule has 2 aromatic rings. The highest BCUT2D eigenvalue weighted by molar-refractivity contribution is 5.75. The van der Waals surface area contributed by atoms with Crippen molar-refractivity contribution in [2.75, 3.05) is 0 Å². The van der Waals surface area contributed by atoms with E-state index in [-0.39, 0.29) is 0 Å². The molecule has 4 heteroatoms. The fourth-order valence-electron chi connectivity index (χ4n) is 1.12. The van der Waals surface area contributed by atoms with E-state index in [0.717, 1.165) is 11.1 Å². The van der Waals surface area contributed by atoms with E-state index in [1.807, 2.05) is 12.1 Å². The van der Waals surface area contributed by atoms with Gasteiger partial charge in [0, 0.05) is 24.0 Å². The summed E-state index contributed by atoms with van der Waals surface area (Å²) in [7, 11) is 0. The van der Waals surface area contributed by atoms with Gasteiger partial charge in [-0.05, 0) is 12.1 Å². The van der Waals surface area contributed by atoms with Crippen molar-refractivity contribution in [2.24, 2.45) is 5.16 Å². The zero-order chi connectivity index (χ0) is 11.2. The molecular weight excluding hydrogens is 204 g/mol. The zero-order valence-electron chi connectivity index (χ0n) is 8.29. The normalized spacial score (nSPS) is 10.0. The third-order valence-corrected chi connectivity index (χ3v) is 1.82. The largest absolute Gasteiger partial charge is 0.462 e. The van der Waals surface area contributed by atoms with Crippen molar-refractivity contribution < 1.29 is 9.62 Å². The fourth-order valence-corrected chi connectivity index (χ4v) is 1.12. The third kappa shape index (κ3) is 2.49. The lowest BCUT2D eigenvalue weighted by atomic mass is 10.2. The maximum atomic E-state index is 8.30. The monoisotopic (exact) mass is 212 g/mol. The first-order valence-electron chi connectivity index (χ1n) is 4.56. The average Bonchev–Trinajstić information content (AvgIpc) is 2.76. The highest BCUT2D eigenvalue weighted by Crippen LogP contribution is 2.04. The molecule has 2 aromatic heterocycles. The van der Waals surface area contributed by atoms with Crippen LogP contribution in [-0.4, -0.2) is 16.4 Å². The Bertz CT molecular complexity index is 547. The van der Waals surface area contributed by atoms with Gasteiger partial charge < -0.3 is 9.62 Å². The minimum Gasteiger partial charge on any atom is -0.462 e. The molecule has 2 heterocycles. The molecule has 0 fully saturated rings. The molecule has 0 atom stereocenters. The van der Waals surface area contributed by atoms with Gasteiger partial charge in [-0.1, -0.05) is 17.0 Å². The van der Waals surface area contributed by atoms with Crippen molar-refractivity contribution >= 4 is 6.21 Å². The summed E-state index contributed by atoms with van der Waals surface area (Å²) in [6.45, 7) is 0. The molecule has 16 heavy (non-hydrogen) atoms. The maximum Gasteiger partial charge on any atom is 0.149 e. The topological polar surface area (TPSA) is 58.6 Å². The van der Waals surface area contributed by atoms with Crippen molar-refractivity contribution in [3.8, 4) is 11.8 Å². The van der Waals surface area contributed by atoms with E-state index < -0.39 is 0 Å². The average molecular weight is 212 g/mol. The lowest BCUT2D eigenvalue weighted by molar-refractivity contribution is 0.320. The van der Waals surface area contributed by atoms with Crippen LogP contribution in [0.5, 0.6) is 0 Å². The second-order valence-electron chi connectivity index (χ2n) is 2.97. The third-order valence-electron chi connectivity index (χ3n) is 1.82. The van der Waals surface area contributed by atoms with Gasteiger partial charge in [0.2, 0.25) is 0 Å². The minimum absolute atomic E-state index is 0.456. The Morgan fingerprint density at radius 2 is 2.25 bits per heavy atom. The maximum absolute atomic E-state index is 8.30. The Morgan fingerprint density at radius 3 is 3.00 bits per heavy atom. The second-order valence-corrected chi connectivity index (χ2v) is 2.97. The predicted molar refractivity (Wildman–Crippen MR) is 58.3 cm³/mol. The summed E-state index contributed by atoms with van der Waals surface area (Å²) >= 11 is 0. The van der Waals surface area contributed by atoms with Crippen LogP contribution in [0, 0.1) is 11.8 Å². The van der Waals surface area contributed by atoms with Crippen LogP contribution in [0.3, 0.4) is 0 Å². The predicted octanol–water partition coefficient (Wildman–Crippen LogP) is 1.88. The number of nitrogens with zero attached hydrogens (tertiary/aromatic N) is 2. The molecule has 0 aliphatic rings. The quantitative estimate of drug-likeness (QED) is 0.340. The first-order valence-corrected chi connectivity index (χ1v) is 4.56. The number of rotatable bonds is 1. The molecule has 0 bridgehead atoms. The van der Waals surface area contributed by atoms with Crippen molar-refractivity contribution in [2.45, 2.75) is 0 Å². The molecule has 0 saturated heterocycles. The van der Waals surface area contributed by atoms with Crippen LogP contribution in [0.4, 0.5) is 0 Å². The van der Waals surface area contributed by atoms with Crippen molar-refractivity contribution in [3.63, 3.8) is 0 Å². The summed E-state index contributed by atoms with van der Waals surface area (Å²) in [5.41, 5.74) is 1.56. The van der Waals surface area contributed by atoms with Crippen LogP contribution in [0.1, 0.15) is 16.9 Å². The Labute approximate surface area is 92.2 Å². The van der Waals surface area contributed by atoms with Gasteiger partial charge in [-0.2, -0.15) is 0 Å². The summed E-state index contributed by atoms with van der Waals surface area (Å²) in [4.78, 5) is 3.95. The Hall–Kier alpha value is -2.54. The van der Waals surface area contributed by atoms with Gasteiger partial charge in [0.1, 0.15) is 18.2 Å². The van der Waals surface area contributed by atoms with Crippen LogP contribution in [0.25, 0.3) is 0 Å². The summed E-state index contributed by atoms with van der Waals surface area (Å²) < 4.78 is 5.07. The molecule has 2 rings (SSSR count). The second kappa shape index (κ2) is 4.80. The highest BCUT2D eigenvalue weighted by atomic mass is 16.4. The van der Waals surface area contributed by atoms with Gasteiger partial charge in [-0.3, -0.25) is 4.98 Å². The van der Waals surface area contributed by atoms with Crippen LogP contribution in [0.15, 0.2) is 46.4 Å². The molecule has 0 aliphatic carbocycles. The van der Waals surface area contributed by atoms with E-state index in [1.165, 1.54) is 12.5 Å². The molecular formula is C12H8N2O2.